The van der Waals surface area contributed by atoms with Gasteiger partial charge in [0.25, 0.3) is 11.6 Å². The highest BCUT2D eigenvalue weighted by Crippen LogP contribution is 2.26. The summed E-state index contributed by atoms with van der Waals surface area (Å²) in [5.41, 5.74) is 2.68. The number of thioether (sulfide) groups is 1. The summed E-state index contributed by atoms with van der Waals surface area (Å²) in [6.45, 7) is 5.12. The van der Waals surface area contributed by atoms with Crippen molar-refractivity contribution in [2.75, 3.05) is 11.9 Å². The molecule has 0 saturated carbocycles. The van der Waals surface area contributed by atoms with Gasteiger partial charge >= 0.3 is 5.97 Å². The van der Waals surface area contributed by atoms with E-state index in [4.69, 9.17) is 4.74 Å². The maximum atomic E-state index is 12.1. The van der Waals surface area contributed by atoms with Gasteiger partial charge in [0.15, 0.2) is 6.61 Å². The maximum absolute atomic E-state index is 12.1. The minimum Gasteiger partial charge on any atom is -0.455 e. The van der Waals surface area contributed by atoms with Crippen molar-refractivity contribution in [1.82, 2.24) is 0 Å². The van der Waals surface area contributed by atoms with Gasteiger partial charge in [-0.2, -0.15) is 0 Å². The van der Waals surface area contributed by atoms with E-state index in [0.29, 0.717) is 10.6 Å². The van der Waals surface area contributed by atoms with E-state index >= 15 is 0 Å². The molecule has 8 heteroatoms. The molecule has 7 nitrogen and oxygen atoms in total. The molecule has 2 aromatic rings. The smallest absolute Gasteiger partial charge is 0.319 e. The molecule has 0 saturated heterocycles. The summed E-state index contributed by atoms with van der Waals surface area (Å²) in [4.78, 5) is 34.9. The second-order valence-electron chi connectivity index (χ2n) is 5.91. The Balaban J connectivity index is 1.84. The Morgan fingerprint density at radius 2 is 1.85 bits per heavy atom. The first-order chi connectivity index (χ1) is 12.8. The molecular weight excluding hydrogens is 368 g/mol. The van der Waals surface area contributed by atoms with Crippen molar-refractivity contribution >= 4 is 35.0 Å². The van der Waals surface area contributed by atoms with Gasteiger partial charge in [0.1, 0.15) is 5.25 Å². The Morgan fingerprint density at radius 3 is 2.48 bits per heavy atom. The van der Waals surface area contributed by atoms with Crippen LogP contribution in [0.15, 0.2) is 47.4 Å². The van der Waals surface area contributed by atoms with Gasteiger partial charge in [-0.05, 0) is 50.1 Å². The quantitative estimate of drug-likeness (QED) is 0.335. The van der Waals surface area contributed by atoms with Gasteiger partial charge in [0.2, 0.25) is 0 Å². The normalized spacial score (nSPS) is 11.5. The Hall–Kier alpha value is -2.87. The number of benzene rings is 2. The Bertz CT molecular complexity index is 852. The molecule has 27 heavy (non-hydrogen) atoms. The lowest BCUT2D eigenvalue weighted by Crippen LogP contribution is -2.25. The van der Waals surface area contributed by atoms with Crippen LogP contribution in [0.25, 0.3) is 0 Å². The number of esters is 1. The summed E-state index contributed by atoms with van der Waals surface area (Å²) in [7, 11) is 0. The molecule has 0 aromatic heterocycles. The summed E-state index contributed by atoms with van der Waals surface area (Å²) >= 11 is 1.20. The lowest BCUT2D eigenvalue weighted by Gasteiger charge is -2.13. The summed E-state index contributed by atoms with van der Waals surface area (Å²) in [6, 6.07) is 11.5. The third kappa shape index (κ3) is 5.82. The highest BCUT2D eigenvalue weighted by Gasteiger charge is 2.18. The molecule has 2 rings (SSSR count). The van der Waals surface area contributed by atoms with Crippen molar-refractivity contribution in [3.8, 4) is 0 Å². The van der Waals surface area contributed by atoms with Gasteiger partial charge in [0.05, 0.1) is 4.92 Å². The first-order valence-electron chi connectivity index (χ1n) is 8.21. The number of hydrogen-bond acceptors (Lipinski definition) is 6. The van der Waals surface area contributed by atoms with Crippen molar-refractivity contribution in [1.29, 1.82) is 0 Å². The van der Waals surface area contributed by atoms with E-state index in [1.807, 2.05) is 26.0 Å². The number of nitro benzene ring substituents is 1. The molecule has 0 radical (unpaired) electrons. The standard InChI is InChI=1S/C19H20N2O5S/c1-12-5-4-6-17(13(12)2)20-18(22)11-26-19(23)14(3)27-16-9-7-15(8-10-16)21(24)25/h4-10,14H,11H2,1-3H3,(H,20,22)/t14-/m0/s1. The molecule has 0 bridgehead atoms. The number of nitrogens with one attached hydrogen (secondary N) is 1. The van der Waals surface area contributed by atoms with Gasteiger partial charge in [-0.15, -0.1) is 11.8 Å². The summed E-state index contributed by atoms with van der Waals surface area (Å²) in [5.74, 6) is -0.945. The van der Waals surface area contributed by atoms with Gasteiger partial charge in [-0.3, -0.25) is 19.7 Å². The summed E-state index contributed by atoms with van der Waals surface area (Å²) < 4.78 is 5.06. The van der Waals surface area contributed by atoms with Crippen LogP contribution in [0.4, 0.5) is 11.4 Å². The highest BCUT2D eigenvalue weighted by molar-refractivity contribution is 8.00. The van der Waals surface area contributed by atoms with E-state index in [-0.39, 0.29) is 12.3 Å². The number of non-ortho nitro benzene ring substituents is 1. The van der Waals surface area contributed by atoms with Crippen molar-refractivity contribution in [3.63, 3.8) is 0 Å². The third-order valence-electron chi connectivity index (χ3n) is 3.92. The molecule has 1 amide bonds. The maximum Gasteiger partial charge on any atom is 0.319 e. The summed E-state index contributed by atoms with van der Waals surface area (Å²) in [6.07, 6.45) is 0. The lowest BCUT2D eigenvalue weighted by molar-refractivity contribution is -0.384. The second kappa shape index (κ2) is 9.18. The zero-order valence-corrected chi connectivity index (χ0v) is 16.0. The number of amides is 1. The molecular formula is C19H20N2O5S. The highest BCUT2D eigenvalue weighted by atomic mass is 32.2. The minimum atomic E-state index is -0.556. The van der Waals surface area contributed by atoms with Gasteiger partial charge in [-0.25, -0.2) is 0 Å². The Kier molecular flexibility index (Phi) is 6.95. The Labute approximate surface area is 161 Å². The molecule has 1 atom stereocenters. The van der Waals surface area contributed by atoms with E-state index in [0.717, 1.165) is 11.1 Å². The predicted octanol–water partition coefficient (Wildman–Crippen LogP) is 3.87. The number of carbonyl (C=O) groups is 2. The van der Waals surface area contributed by atoms with Crippen LogP contribution in [0.1, 0.15) is 18.1 Å². The van der Waals surface area contributed by atoms with Gasteiger partial charge in [0, 0.05) is 22.7 Å². The van der Waals surface area contributed by atoms with E-state index in [9.17, 15) is 19.7 Å². The Morgan fingerprint density at radius 1 is 1.19 bits per heavy atom. The van der Waals surface area contributed by atoms with Gasteiger partial charge < -0.3 is 10.1 Å². The van der Waals surface area contributed by atoms with Crippen molar-refractivity contribution < 1.29 is 19.2 Å². The molecule has 0 aliphatic heterocycles. The fourth-order valence-electron chi connectivity index (χ4n) is 2.23. The monoisotopic (exact) mass is 388 g/mol. The van der Waals surface area contributed by atoms with E-state index in [1.54, 1.807) is 25.1 Å². The molecule has 0 aliphatic rings. The number of hydrogen-bond donors (Lipinski definition) is 1. The average molecular weight is 388 g/mol. The van der Waals surface area contributed by atoms with Crippen molar-refractivity contribution in [2.45, 2.75) is 30.9 Å². The van der Waals surface area contributed by atoms with E-state index < -0.39 is 22.0 Å². The molecule has 0 fully saturated rings. The van der Waals surface area contributed by atoms with Crippen LogP contribution in [0.3, 0.4) is 0 Å². The van der Waals surface area contributed by atoms with Crippen LogP contribution in [0.2, 0.25) is 0 Å². The molecule has 0 unspecified atom stereocenters. The number of nitro groups is 1. The van der Waals surface area contributed by atoms with E-state index in [2.05, 4.69) is 5.32 Å². The fourth-order valence-corrected chi connectivity index (χ4v) is 3.09. The first kappa shape index (κ1) is 20.4. The second-order valence-corrected chi connectivity index (χ2v) is 7.33. The average Bonchev–Trinajstić information content (AvgIpc) is 2.64. The zero-order valence-electron chi connectivity index (χ0n) is 15.2. The van der Waals surface area contributed by atoms with Crippen LogP contribution < -0.4 is 5.32 Å². The molecule has 142 valence electrons. The number of carbonyl (C=O) groups excluding carboxylic acids is 2. The van der Waals surface area contributed by atoms with Crippen molar-refractivity contribution in [3.05, 3.63) is 63.7 Å². The van der Waals surface area contributed by atoms with Crippen LogP contribution >= 0.6 is 11.8 Å². The van der Waals surface area contributed by atoms with Crippen LogP contribution in [-0.4, -0.2) is 28.7 Å². The molecule has 1 N–H and O–H groups in total. The van der Waals surface area contributed by atoms with Gasteiger partial charge in [-0.1, -0.05) is 12.1 Å². The SMILES string of the molecule is Cc1cccc(NC(=O)COC(=O)[C@H](C)Sc2ccc([N+](=O)[O-])cc2)c1C. The molecule has 0 heterocycles. The lowest BCUT2D eigenvalue weighted by atomic mass is 10.1. The zero-order chi connectivity index (χ0) is 20.0. The third-order valence-corrected chi connectivity index (χ3v) is 5.01. The predicted molar refractivity (Wildman–Crippen MR) is 104 cm³/mol. The minimum absolute atomic E-state index is 0.0160. The molecule has 0 aliphatic carbocycles. The number of anilines is 1. The summed E-state index contributed by atoms with van der Waals surface area (Å²) in [5, 5.41) is 12.8. The molecule has 0 spiro atoms. The van der Waals surface area contributed by atoms with E-state index in [1.165, 1.54) is 23.9 Å². The number of rotatable bonds is 7. The van der Waals surface area contributed by atoms with Crippen LogP contribution in [0.5, 0.6) is 0 Å². The largest absolute Gasteiger partial charge is 0.455 e. The van der Waals surface area contributed by atoms with Crippen LogP contribution in [-0.2, 0) is 14.3 Å². The molecule has 2 aromatic carbocycles. The first-order valence-corrected chi connectivity index (χ1v) is 9.09. The topological polar surface area (TPSA) is 98.5 Å². The number of ether oxygens (including phenoxy) is 1. The van der Waals surface area contributed by atoms with Crippen LogP contribution in [0, 0.1) is 24.0 Å². The van der Waals surface area contributed by atoms with Crippen molar-refractivity contribution in [2.24, 2.45) is 0 Å². The number of aryl methyl sites for hydroxylation is 1. The number of nitrogens with zero attached hydrogens (tertiary/aromatic N) is 1. The fraction of sp³-hybridized carbons (Fsp3) is 0.263.